The first-order chi connectivity index (χ1) is 9.17. The van der Waals surface area contributed by atoms with E-state index in [9.17, 15) is 0 Å². The van der Waals surface area contributed by atoms with Crippen LogP contribution in [0.5, 0.6) is 0 Å². The van der Waals surface area contributed by atoms with Crippen LogP contribution in [0.15, 0.2) is 24.5 Å². The molecule has 0 aliphatic rings. The Morgan fingerprint density at radius 3 is 2.74 bits per heavy atom. The van der Waals surface area contributed by atoms with Gasteiger partial charge in [-0.05, 0) is 18.1 Å². The molecule has 2 aromatic rings. The molecular weight excluding hydrogens is 285 g/mol. The van der Waals surface area contributed by atoms with Gasteiger partial charge < -0.3 is 0 Å². The van der Waals surface area contributed by atoms with Gasteiger partial charge in [0.25, 0.3) is 0 Å². The second kappa shape index (κ2) is 6.34. The molecule has 3 N–H and O–H groups in total. The summed E-state index contributed by atoms with van der Waals surface area (Å²) in [6.45, 7) is 2.86. The van der Waals surface area contributed by atoms with Crippen molar-refractivity contribution in [3.8, 4) is 0 Å². The molecule has 0 aromatic carbocycles. The van der Waals surface area contributed by atoms with E-state index in [0.29, 0.717) is 10.2 Å². The second-order valence-corrected chi connectivity index (χ2v) is 4.91. The van der Waals surface area contributed by atoms with Gasteiger partial charge in [-0.1, -0.05) is 36.2 Å². The summed E-state index contributed by atoms with van der Waals surface area (Å²) in [4.78, 5) is 4.06. The van der Waals surface area contributed by atoms with Gasteiger partial charge >= 0.3 is 0 Å². The fourth-order valence-corrected chi connectivity index (χ4v) is 2.30. The van der Waals surface area contributed by atoms with Crippen molar-refractivity contribution < 1.29 is 0 Å². The molecule has 0 saturated heterocycles. The Hall–Kier alpha value is -1.14. The normalized spacial score (nSPS) is 12.6. The molecule has 5 nitrogen and oxygen atoms in total. The second-order valence-electron chi connectivity index (χ2n) is 4.11. The number of halogens is 2. The zero-order chi connectivity index (χ0) is 13.8. The third kappa shape index (κ3) is 3.06. The van der Waals surface area contributed by atoms with Gasteiger partial charge in [0.1, 0.15) is 5.15 Å². The molecule has 2 rings (SSSR count). The van der Waals surface area contributed by atoms with Gasteiger partial charge in [0.05, 0.1) is 23.0 Å². The number of aryl methyl sites for hydroxylation is 1. The summed E-state index contributed by atoms with van der Waals surface area (Å²) in [5, 5.41) is 5.27. The maximum absolute atomic E-state index is 6.21. The predicted molar refractivity (Wildman–Crippen MR) is 75.9 cm³/mol. The summed E-state index contributed by atoms with van der Waals surface area (Å²) in [6.07, 6.45) is 4.26. The largest absolute Gasteiger partial charge is 0.271 e. The first-order valence-electron chi connectivity index (χ1n) is 5.96. The van der Waals surface area contributed by atoms with E-state index in [2.05, 4.69) is 22.4 Å². The van der Waals surface area contributed by atoms with Gasteiger partial charge in [0.2, 0.25) is 0 Å². The molecule has 0 saturated carbocycles. The van der Waals surface area contributed by atoms with Crippen LogP contribution in [0.1, 0.15) is 30.6 Å². The van der Waals surface area contributed by atoms with Crippen molar-refractivity contribution >= 4 is 23.2 Å². The van der Waals surface area contributed by atoms with Crippen LogP contribution in [0.4, 0.5) is 0 Å². The average Bonchev–Trinajstić information content (AvgIpc) is 2.76. The highest BCUT2D eigenvalue weighted by Crippen LogP contribution is 2.28. The van der Waals surface area contributed by atoms with Crippen LogP contribution >= 0.6 is 23.2 Å². The molecule has 1 unspecified atom stereocenters. The molecule has 0 fully saturated rings. The van der Waals surface area contributed by atoms with Crippen LogP contribution in [0.25, 0.3) is 0 Å². The summed E-state index contributed by atoms with van der Waals surface area (Å²) < 4.78 is 1.85. The van der Waals surface area contributed by atoms with Gasteiger partial charge in [-0.15, -0.1) is 0 Å². The first-order valence-corrected chi connectivity index (χ1v) is 6.71. The molecule has 2 heterocycles. The molecule has 0 amide bonds. The van der Waals surface area contributed by atoms with Crippen LogP contribution in [-0.2, 0) is 6.54 Å². The summed E-state index contributed by atoms with van der Waals surface area (Å²) in [6, 6.07) is 3.31. The average molecular weight is 300 g/mol. The van der Waals surface area contributed by atoms with Crippen LogP contribution < -0.4 is 11.3 Å². The number of pyridine rings is 1. The van der Waals surface area contributed by atoms with Gasteiger partial charge in [0, 0.05) is 12.7 Å². The number of nitrogens with one attached hydrogen (secondary N) is 1. The Kier molecular flexibility index (Phi) is 4.76. The Bertz CT molecular complexity index is 538. The SMILES string of the molecule is CCCn1ncc(Cl)c1C(NN)c1ccc(Cl)nc1. The molecular formula is C12H15Cl2N5. The zero-order valence-electron chi connectivity index (χ0n) is 10.5. The number of aromatic nitrogens is 3. The van der Waals surface area contributed by atoms with Gasteiger partial charge in [-0.3, -0.25) is 10.5 Å². The molecule has 7 heteroatoms. The van der Waals surface area contributed by atoms with Gasteiger partial charge in [0.15, 0.2) is 0 Å². The number of rotatable bonds is 5. The smallest absolute Gasteiger partial charge is 0.129 e. The van der Waals surface area contributed by atoms with Crippen molar-refractivity contribution in [2.45, 2.75) is 25.9 Å². The Balaban J connectivity index is 2.41. The van der Waals surface area contributed by atoms with E-state index in [-0.39, 0.29) is 6.04 Å². The molecule has 0 radical (unpaired) electrons. The lowest BCUT2D eigenvalue weighted by Crippen LogP contribution is -2.31. The maximum atomic E-state index is 6.21. The van der Waals surface area contributed by atoms with Gasteiger partial charge in [-0.2, -0.15) is 5.10 Å². The van der Waals surface area contributed by atoms with Crippen molar-refractivity contribution in [2.24, 2.45) is 5.84 Å². The number of hydrogen-bond donors (Lipinski definition) is 2. The zero-order valence-corrected chi connectivity index (χ0v) is 12.0. The predicted octanol–water partition coefficient (Wildman–Crippen LogP) is 2.55. The van der Waals surface area contributed by atoms with Crippen LogP contribution in [0, 0.1) is 0 Å². The molecule has 2 aromatic heterocycles. The standard InChI is InChI=1S/C12H15Cl2N5/c1-2-5-19-12(9(13)7-17-19)11(18-15)8-3-4-10(14)16-6-8/h3-4,6-7,11,18H,2,5,15H2,1H3. The van der Waals surface area contributed by atoms with Gasteiger partial charge in [-0.25, -0.2) is 10.4 Å². The Morgan fingerprint density at radius 2 is 2.16 bits per heavy atom. The van der Waals surface area contributed by atoms with E-state index in [1.165, 1.54) is 0 Å². The van der Waals surface area contributed by atoms with Crippen LogP contribution in [0.3, 0.4) is 0 Å². The minimum atomic E-state index is -0.272. The summed E-state index contributed by atoms with van der Waals surface area (Å²) in [5.41, 5.74) is 4.46. The monoisotopic (exact) mass is 299 g/mol. The quantitative estimate of drug-likeness (QED) is 0.506. The first kappa shape index (κ1) is 14.3. The van der Waals surface area contributed by atoms with E-state index in [4.69, 9.17) is 29.0 Å². The van der Waals surface area contributed by atoms with E-state index >= 15 is 0 Å². The molecule has 0 aliphatic heterocycles. The molecule has 1 atom stereocenters. The lowest BCUT2D eigenvalue weighted by atomic mass is 10.1. The fraction of sp³-hybridized carbons (Fsp3) is 0.333. The van der Waals surface area contributed by atoms with E-state index in [1.54, 1.807) is 18.5 Å². The maximum Gasteiger partial charge on any atom is 0.129 e. The lowest BCUT2D eigenvalue weighted by molar-refractivity contribution is 0.520. The number of nitrogens with two attached hydrogens (primary N) is 1. The molecule has 0 spiro atoms. The number of hydrazine groups is 1. The Labute approximate surface area is 121 Å². The lowest BCUT2D eigenvalue weighted by Gasteiger charge is -2.18. The van der Waals surface area contributed by atoms with Crippen molar-refractivity contribution in [1.29, 1.82) is 0 Å². The summed E-state index contributed by atoms with van der Waals surface area (Å²) in [7, 11) is 0. The topological polar surface area (TPSA) is 68.8 Å². The third-order valence-corrected chi connectivity index (χ3v) is 3.31. The van der Waals surface area contributed by atoms with Crippen molar-refractivity contribution in [1.82, 2.24) is 20.2 Å². The van der Waals surface area contributed by atoms with E-state index in [0.717, 1.165) is 24.2 Å². The summed E-state index contributed by atoms with van der Waals surface area (Å²) >= 11 is 12.0. The van der Waals surface area contributed by atoms with Crippen molar-refractivity contribution in [3.63, 3.8) is 0 Å². The molecule has 102 valence electrons. The van der Waals surface area contributed by atoms with E-state index in [1.807, 2.05) is 10.7 Å². The summed E-state index contributed by atoms with van der Waals surface area (Å²) in [5.74, 6) is 5.66. The van der Waals surface area contributed by atoms with Crippen molar-refractivity contribution in [3.05, 3.63) is 46.0 Å². The third-order valence-electron chi connectivity index (χ3n) is 2.79. The molecule has 0 bridgehead atoms. The minimum Gasteiger partial charge on any atom is -0.271 e. The highest BCUT2D eigenvalue weighted by atomic mass is 35.5. The highest BCUT2D eigenvalue weighted by molar-refractivity contribution is 6.31. The minimum absolute atomic E-state index is 0.272. The molecule has 0 aliphatic carbocycles. The van der Waals surface area contributed by atoms with E-state index < -0.39 is 0 Å². The molecule has 19 heavy (non-hydrogen) atoms. The Morgan fingerprint density at radius 1 is 1.37 bits per heavy atom. The fourth-order valence-electron chi connectivity index (χ4n) is 1.94. The van der Waals surface area contributed by atoms with Crippen molar-refractivity contribution in [2.75, 3.05) is 0 Å². The van der Waals surface area contributed by atoms with Crippen LogP contribution in [0.2, 0.25) is 10.2 Å². The number of nitrogens with zero attached hydrogens (tertiary/aromatic N) is 3. The highest BCUT2D eigenvalue weighted by Gasteiger charge is 2.21. The van der Waals surface area contributed by atoms with Crippen LogP contribution in [-0.4, -0.2) is 14.8 Å². The number of hydrogen-bond acceptors (Lipinski definition) is 4.